The lowest BCUT2D eigenvalue weighted by molar-refractivity contribution is -0.117. The van der Waals surface area contributed by atoms with Crippen LogP contribution in [-0.4, -0.2) is 46.6 Å². The first-order valence-corrected chi connectivity index (χ1v) is 11.5. The number of sulfonamides is 1. The van der Waals surface area contributed by atoms with Gasteiger partial charge < -0.3 is 26.0 Å². The van der Waals surface area contributed by atoms with Gasteiger partial charge in [0.25, 0.3) is 10.0 Å². The fourth-order valence-electron chi connectivity index (χ4n) is 3.09. The number of hydrogen-bond donors (Lipinski definition) is 4. The molecule has 0 heterocycles. The van der Waals surface area contributed by atoms with E-state index in [-0.39, 0.29) is 16.3 Å². The van der Waals surface area contributed by atoms with Crippen LogP contribution in [0.4, 0.5) is 21.9 Å². The number of rotatable bonds is 10. The van der Waals surface area contributed by atoms with Gasteiger partial charge >= 0.3 is 6.03 Å². The number of anilines is 3. The summed E-state index contributed by atoms with van der Waals surface area (Å²) >= 11 is 0. The van der Waals surface area contributed by atoms with E-state index in [0.717, 1.165) is 0 Å². The molecule has 2 aromatic rings. The van der Waals surface area contributed by atoms with Crippen molar-refractivity contribution in [3.05, 3.63) is 42.5 Å². The molecule has 32 heavy (non-hydrogen) atoms. The predicted octanol–water partition coefficient (Wildman–Crippen LogP) is 2.34. The smallest absolute Gasteiger partial charge is 0.312 e. The number of benzene rings is 2. The normalized spacial score (nSPS) is 11.9. The van der Waals surface area contributed by atoms with E-state index in [1.54, 1.807) is 36.4 Å². The van der Waals surface area contributed by atoms with E-state index in [4.69, 9.17) is 10.5 Å². The lowest BCUT2D eigenvalue weighted by Gasteiger charge is -2.25. The Bertz CT molecular complexity index is 1070. The number of carbonyl (C=O) groups is 2. The van der Waals surface area contributed by atoms with Gasteiger partial charge in [0.15, 0.2) is 0 Å². The fraction of sp³-hybridized carbons (Fsp3) is 0.333. The Kier molecular flexibility index (Phi) is 8.30. The number of methoxy groups -OCH3 is 1. The number of urea groups is 1. The van der Waals surface area contributed by atoms with Crippen molar-refractivity contribution in [2.24, 2.45) is 5.73 Å². The third kappa shape index (κ3) is 6.03. The summed E-state index contributed by atoms with van der Waals surface area (Å²) in [5.41, 5.74) is 6.08. The Morgan fingerprint density at radius 1 is 1.12 bits per heavy atom. The molecule has 10 nitrogen and oxygen atoms in total. The second-order valence-corrected chi connectivity index (χ2v) is 8.53. The zero-order valence-electron chi connectivity index (χ0n) is 18.5. The molecule has 0 aliphatic heterocycles. The summed E-state index contributed by atoms with van der Waals surface area (Å²) < 4.78 is 34.5. The van der Waals surface area contributed by atoms with Crippen LogP contribution in [0.2, 0.25) is 0 Å². The minimum Gasteiger partial charge on any atom is -0.495 e. The number of primary amides is 1. The summed E-state index contributed by atoms with van der Waals surface area (Å²) in [5.74, 6) is -0.170. The Morgan fingerprint density at radius 3 is 2.38 bits per heavy atom. The molecule has 0 spiro atoms. The number of nitrogens with two attached hydrogens (primary N) is 1. The predicted molar refractivity (Wildman–Crippen MR) is 125 cm³/mol. The van der Waals surface area contributed by atoms with E-state index < -0.39 is 28.0 Å². The number of carbonyl (C=O) groups excluding carboxylic acids is 2. The monoisotopic (exact) mass is 463 g/mol. The Morgan fingerprint density at radius 2 is 1.78 bits per heavy atom. The van der Waals surface area contributed by atoms with Gasteiger partial charge in [-0.3, -0.25) is 9.52 Å². The van der Waals surface area contributed by atoms with Crippen molar-refractivity contribution in [3.8, 4) is 5.75 Å². The van der Waals surface area contributed by atoms with Crippen LogP contribution in [0, 0.1) is 0 Å². The third-order valence-electron chi connectivity index (χ3n) is 4.72. The molecule has 0 aliphatic carbocycles. The fourth-order valence-corrected chi connectivity index (χ4v) is 4.41. The first-order chi connectivity index (χ1) is 15.1. The van der Waals surface area contributed by atoms with Crippen LogP contribution in [-0.2, 0) is 14.8 Å². The molecule has 0 aliphatic rings. The van der Waals surface area contributed by atoms with E-state index in [9.17, 15) is 18.0 Å². The van der Waals surface area contributed by atoms with Gasteiger partial charge in [-0.2, -0.15) is 0 Å². The van der Waals surface area contributed by atoms with Crippen molar-refractivity contribution in [1.82, 2.24) is 5.32 Å². The van der Waals surface area contributed by atoms with E-state index in [0.29, 0.717) is 24.5 Å². The maximum Gasteiger partial charge on any atom is 0.312 e. The van der Waals surface area contributed by atoms with Gasteiger partial charge in [-0.05, 0) is 51.1 Å². The average molecular weight is 464 g/mol. The lowest BCUT2D eigenvalue weighted by Crippen LogP contribution is -2.44. The molecule has 11 heteroatoms. The van der Waals surface area contributed by atoms with Crippen LogP contribution in [0.3, 0.4) is 0 Å². The zero-order chi connectivity index (χ0) is 23.9. The lowest BCUT2D eigenvalue weighted by atomic mass is 10.2. The van der Waals surface area contributed by atoms with Crippen LogP contribution in [0.15, 0.2) is 47.4 Å². The molecule has 0 bridgehead atoms. The minimum absolute atomic E-state index is 0.0135. The molecule has 0 aromatic heterocycles. The van der Waals surface area contributed by atoms with Gasteiger partial charge in [0, 0.05) is 18.8 Å². The maximum atomic E-state index is 13.4. The highest BCUT2D eigenvalue weighted by molar-refractivity contribution is 7.93. The van der Waals surface area contributed by atoms with Gasteiger partial charge in [0.2, 0.25) is 5.91 Å². The highest BCUT2D eigenvalue weighted by Gasteiger charge is 2.24. The van der Waals surface area contributed by atoms with Gasteiger partial charge in [0.05, 0.1) is 18.5 Å². The molecular formula is C21H29N5O5S. The minimum atomic E-state index is -4.05. The molecule has 0 saturated heterocycles. The zero-order valence-corrected chi connectivity index (χ0v) is 19.3. The van der Waals surface area contributed by atoms with Crippen molar-refractivity contribution >= 4 is 39.0 Å². The molecule has 1 atom stereocenters. The van der Waals surface area contributed by atoms with E-state index >= 15 is 0 Å². The van der Waals surface area contributed by atoms with Crippen molar-refractivity contribution in [1.29, 1.82) is 0 Å². The number of nitrogens with zero attached hydrogens (tertiary/aromatic N) is 1. The summed E-state index contributed by atoms with van der Waals surface area (Å²) in [7, 11) is -2.60. The molecule has 2 rings (SSSR count). The highest BCUT2D eigenvalue weighted by Crippen LogP contribution is 2.32. The molecular weight excluding hydrogens is 434 g/mol. The van der Waals surface area contributed by atoms with Crippen molar-refractivity contribution < 1.29 is 22.7 Å². The maximum absolute atomic E-state index is 13.4. The summed E-state index contributed by atoms with van der Waals surface area (Å²) in [6.07, 6.45) is 0. The Hall–Kier alpha value is -3.47. The summed E-state index contributed by atoms with van der Waals surface area (Å²) in [5, 5.41) is 4.88. The van der Waals surface area contributed by atoms with Crippen LogP contribution < -0.4 is 30.7 Å². The number of amides is 3. The number of hydrogen-bond acceptors (Lipinski definition) is 6. The molecule has 174 valence electrons. The van der Waals surface area contributed by atoms with Gasteiger partial charge in [-0.15, -0.1) is 0 Å². The summed E-state index contributed by atoms with van der Waals surface area (Å²) in [6.45, 7) is 6.46. The van der Waals surface area contributed by atoms with Crippen LogP contribution >= 0.6 is 0 Å². The number of para-hydroxylation sites is 2. The van der Waals surface area contributed by atoms with Crippen molar-refractivity contribution in [2.75, 3.05) is 35.1 Å². The van der Waals surface area contributed by atoms with Crippen molar-refractivity contribution in [2.45, 2.75) is 31.7 Å². The molecule has 5 N–H and O–H groups in total. The van der Waals surface area contributed by atoms with Crippen LogP contribution in [0.1, 0.15) is 20.8 Å². The summed E-state index contributed by atoms with van der Waals surface area (Å²) in [4.78, 5) is 25.2. The number of nitrogens with one attached hydrogen (secondary N) is 3. The van der Waals surface area contributed by atoms with Crippen molar-refractivity contribution in [3.63, 3.8) is 0 Å². The summed E-state index contributed by atoms with van der Waals surface area (Å²) in [6, 6.07) is 9.53. The van der Waals surface area contributed by atoms with Gasteiger partial charge in [-0.1, -0.05) is 12.1 Å². The molecule has 3 amide bonds. The molecule has 2 aromatic carbocycles. The standard InChI is InChI=1S/C21H29N5O5S/c1-5-26(6-2)17-12-11-15(24-20(27)14(3)23-21(22)28)13-19(17)32(29,30)25-16-9-7-8-10-18(16)31-4/h7-14,25H,5-6H2,1-4H3,(H,24,27)(H3,22,23,28)/t14-/m1/s1. The Balaban J connectivity index is 2.48. The first kappa shape index (κ1) is 24.8. The highest BCUT2D eigenvalue weighted by atomic mass is 32.2. The van der Waals surface area contributed by atoms with E-state index in [1.807, 2.05) is 18.7 Å². The van der Waals surface area contributed by atoms with E-state index in [1.165, 1.54) is 20.1 Å². The second kappa shape index (κ2) is 10.7. The van der Waals surface area contributed by atoms with Crippen LogP contribution in [0.5, 0.6) is 5.75 Å². The molecule has 0 radical (unpaired) electrons. The molecule has 0 unspecified atom stereocenters. The van der Waals surface area contributed by atoms with Gasteiger partial charge in [-0.25, -0.2) is 13.2 Å². The molecule has 0 saturated carbocycles. The molecule has 0 fully saturated rings. The third-order valence-corrected chi connectivity index (χ3v) is 6.12. The van der Waals surface area contributed by atoms with E-state index in [2.05, 4.69) is 15.4 Å². The average Bonchev–Trinajstić information content (AvgIpc) is 2.75. The quantitative estimate of drug-likeness (QED) is 0.426. The van der Waals surface area contributed by atoms with Crippen LogP contribution in [0.25, 0.3) is 0 Å². The topological polar surface area (TPSA) is 143 Å². The first-order valence-electron chi connectivity index (χ1n) is 10.0. The number of ether oxygens (including phenoxy) is 1. The Labute approximate surface area is 188 Å². The SMILES string of the molecule is CCN(CC)c1ccc(NC(=O)[C@@H](C)NC(N)=O)cc1S(=O)(=O)Nc1ccccc1OC. The second-order valence-electron chi connectivity index (χ2n) is 6.88. The van der Waals surface area contributed by atoms with Gasteiger partial charge in [0.1, 0.15) is 16.7 Å². The largest absolute Gasteiger partial charge is 0.495 e.